The molecule has 0 bridgehead atoms. The summed E-state index contributed by atoms with van der Waals surface area (Å²) in [5, 5.41) is 17.1. The maximum absolute atomic E-state index is 12.4. The highest BCUT2D eigenvalue weighted by Crippen LogP contribution is 2.16. The van der Waals surface area contributed by atoms with Crippen molar-refractivity contribution >= 4 is 0 Å². The second kappa shape index (κ2) is 2.60. The van der Waals surface area contributed by atoms with Gasteiger partial charge in [-0.3, -0.25) is 0 Å². The number of hydrogen-bond acceptors (Lipinski definition) is 3. The van der Waals surface area contributed by atoms with Gasteiger partial charge in [0.2, 0.25) is 0 Å². The van der Waals surface area contributed by atoms with Gasteiger partial charge in [-0.2, -0.15) is 0 Å². The molecule has 1 aliphatic rings. The molecule has 0 aromatic rings. The number of hydrogen-bond donors (Lipinski definition) is 2. The highest BCUT2D eigenvalue weighted by atomic mass is 19.1. The van der Waals surface area contributed by atoms with Gasteiger partial charge in [0.25, 0.3) is 0 Å². The molecule has 0 aromatic heterocycles. The van der Waals surface area contributed by atoms with Gasteiger partial charge in [0.15, 0.2) is 6.17 Å². The quantitative estimate of drug-likeness (QED) is 0.490. The number of halogens is 1. The molecule has 3 atom stereocenters. The maximum atomic E-state index is 12.4. The Morgan fingerprint density at radius 1 is 1.67 bits per heavy atom. The summed E-state index contributed by atoms with van der Waals surface area (Å²) in [6.07, 6.45) is -3.29. The number of ether oxygens (including phenoxy) is 1. The summed E-state index contributed by atoms with van der Waals surface area (Å²) in [4.78, 5) is 0. The smallest absolute Gasteiger partial charge is 0.156 e. The van der Waals surface area contributed by atoms with Crippen LogP contribution in [-0.2, 0) is 4.74 Å². The number of rotatable bonds is 1. The van der Waals surface area contributed by atoms with Gasteiger partial charge in [0.1, 0.15) is 12.2 Å². The molecule has 54 valence electrons. The summed E-state index contributed by atoms with van der Waals surface area (Å²) in [5.74, 6) is 0. The molecule has 4 heteroatoms. The minimum Gasteiger partial charge on any atom is -0.394 e. The van der Waals surface area contributed by atoms with Gasteiger partial charge in [-0.1, -0.05) is 0 Å². The Labute approximate surface area is 52.1 Å². The van der Waals surface area contributed by atoms with E-state index < -0.39 is 18.4 Å². The van der Waals surface area contributed by atoms with Crippen molar-refractivity contribution < 1.29 is 19.3 Å². The van der Waals surface area contributed by atoms with Crippen LogP contribution in [0.5, 0.6) is 0 Å². The lowest BCUT2D eigenvalue weighted by Crippen LogP contribution is -2.27. The van der Waals surface area contributed by atoms with E-state index in [0.717, 1.165) is 0 Å². The van der Waals surface area contributed by atoms with Crippen molar-refractivity contribution in [3.05, 3.63) is 0 Å². The van der Waals surface area contributed by atoms with E-state index >= 15 is 0 Å². The Balaban J connectivity index is 2.41. The number of alkyl halides is 1. The highest BCUT2D eigenvalue weighted by molar-refractivity contribution is 4.82. The molecular weight excluding hydrogens is 127 g/mol. The largest absolute Gasteiger partial charge is 0.394 e. The third kappa shape index (κ3) is 1.20. The van der Waals surface area contributed by atoms with Crippen molar-refractivity contribution in [1.82, 2.24) is 0 Å². The van der Waals surface area contributed by atoms with Gasteiger partial charge in [-0.05, 0) is 0 Å². The molecule has 1 aliphatic heterocycles. The van der Waals surface area contributed by atoms with Crippen LogP contribution in [0.4, 0.5) is 4.39 Å². The second-order valence-electron chi connectivity index (χ2n) is 2.07. The Morgan fingerprint density at radius 3 is 2.56 bits per heavy atom. The van der Waals surface area contributed by atoms with E-state index in [9.17, 15) is 4.39 Å². The van der Waals surface area contributed by atoms with Gasteiger partial charge < -0.3 is 14.9 Å². The van der Waals surface area contributed by atoms with Gasteiger partial charge in [-0.15, -0.1) is 0 Å². The molecule has 0 amide bonds. The van der Waals surface area contributed by atoms with Crippen LogP contribution < -0.4 is 0 Å². The van der Waals surface area contributed by atoms with Crippen molar-refractivity contribution in [1.29, 1.82) is 0 Å². The van der Waals surface area contributed by atoms with Crippen LogP contribution in [0.2, 0.25) is 0 Å². The zero-order valence-corrected chi connectivity index (χ0v) is 4.83. The molecule has 0 unspecified atom stereocenters. The predicted molar refractivity (Wildman–Crippen MR) is 27.7 cm³/mol. The summed E-state index contributed by atoms with van der Waals surface area (Å²) in [5.41, 5.74) is 0. The first-order chi connectivity index (χ1) is 4.25. The Morgan fingerprint density at radius 2 is 2.33 bits per heavy atom. The molecule has 0 radical (unpaired) electrons. The van der Waals surface area contributed by atoms with E-state index in [2.05, 4.69) is 4.74 Å². The Bertz CT molecular complexity index is 98.2. The molecule has 0 aromatic carbocycles. The minimum atomic E-state index is -1.42. The number of aliphatic hydroxyl groups excluding tert-OH is 2. The average Bonchev–Trinajstić information content (AvgIpc) is 2.15. The fraction of sp³-hybridized carbons (Fsp3) is 1.00. The molecule has 2 N–H and O–H groups in total. The first-order valence-electron chi connectivity index (χ1n) is 2.80. The predicted octanol–water partition coefficient (Wildman–Crippen LogP) is -0.923. The molecule has 9 heavy (non-hydrogen) atoms. The first-order valence-corrected chi connectivity index (χ1v) is 2.80. The lowest BCUT2D eigenvalue weighted by atomic mass is 10.2. The highest BCUT2D eigenvalue weighted by Gasteiger charge is 2.35. The third-order valence-electron chi connectivity index (χ3n) is 1.38. The first kappa shape index (κ1) is 6.92. The molecule has 1 saturated heterocycles. The zero-order chi connectivity index (χ0) is 6.85. The minimum absolute atomic E-state index is 0.00755. The SMILES string of the molecule is OC[C@H]1OC[C@H](O)[C@@H]1F. The maximum Gasteiger partial charge on any atom is 0.156 e. The van der Waals surface area contributed by atoms with Crippen molar-refractivity contribution in [2.24, 2.45) is 0 Å². The van der Waals surface area contributed by atoms with E-state index in [1.165, 1.54) is 0 Å². The van der Waals surface area contributed by atoms with Crippen LogP contribution >= 0.6 is 0 Å². The zero-order valence-electron chi connectivity index (χ0n) is 4.83. The molecule has 1 rings (SSSR count). The van der Waals surface area contributed by atoms with E-state index in [0.29, 0.717) is 0 Å². The lowest BCUT2D eigenvalue weighted by molar-refractivity contribution is 0.0301. The lowest BCUT2D eigenvalue weighted by Gasteiger charge is -2.07. The van der Waals surface area contributed by atoms with Crippen LogP contribution in [0.15, 0.2) is 0 Å². The van der Waals surface area contributed by atoms with Crippen LogP contribution in [0.1, 0.15) is 0 Å². The standard InChI is InChI=1S/C5H9FO3/c6-5-3(8)2-9-4(5)1-7/h3-5,7-8H,1-2H2/t3-,4+,5-/m0/s1. The van der Waals surface area contributed by atoms with Gasteiger partial charge in [0, 0.05) is 0 Å². The van der Waals surface area contributed by atoms with Crippen LogP contribution in [-0.4, -0.2) is 41.8 Å². The fourth-order valence-corrected chi connectivity index (χ4v) is 0.807. The fourth-order valence-electron chi connectivity index (χ4n) is 0.807. The van der Waals surface area contributed by atoms with Gasteiger partial charge >= 0.3 is 0 Å². The second-order valence-corrected chi connectivity index (χ2v) is 2.07. The van der Waals surface area contributed by atoms with Crippen LogP contribution in [0.3, 0.4) is 0 Å². The molecule has 1 heterocycles. The molecule has 3 nitrogen and oxygen atoms in total. The van der Waals surface area contributed by atoms with Crippen molar-refractivity contribution in [2.45, 2.75) is 18.4 Å². The summed E-state index contributed by atoms with van der Waals surface area (Å²) in [6.45, 7) is -0.370. The number of aliphatic hydroxyl groups is 2. The third-order valence-corrected chi connectivity index (χ3v) is 1.38. The van der Waals surface area contributed by atoms with E-state index in [1.54, 1.807) is 0 Å². The average molecular weight is 136 g/mol. The monoisotopic (exact) mass is 136 g/mol. The summed E-state index contributed by atoms with van der Waals surface area (Å²) in [6, 6.07) is 0. The molecule has 0 spiro atoms. The van der Waals surface area contributed by atoms with Crippen molar-refractivity contribution in [3.8, 4) is 0 Å². The van der Waals surface area contributed by atoms with Crippen molar-refractivity contribution in [2.75, 3.05) is 13.2 Å². The van der Waals surface area contributed by atoms with E-state index in [1.807, 2.05) is 0 Å². The van der Waals surface area contributed by atoms with E-state index in [4.69, 9.17) is 10.2 Å². The van der Waals surface area contributed by atoms with Gasteiger partial charge in [-0.25, -0.2) is 4.39 Å². The Hall–Kier alpha value is -0.190. The molecule has 0 saturated carbocycles. The summed E-state index contributed by atoms with van der Waals surface area (Å²) >= 11 is 0. The summed E-state index contributed by atoms with van der Waals surface area (Å²) in [7, 11) is 0. The van der Waals surface area contributed by atoms with Crippen LogP contribution in [0, 0.1) is 0 Å². The molecule has 0 aliphatic carbocycles. The molecular formula is C5H9FO3. The summed E-state index contributed by atoms with van der Waals surface area (Å²) < 4.78 is 17.1. The van der Waals surface area contributed by atoms with Gasteiger partial charge in [0.05, 0.1) is 13.2 Å². The van der Waals surface area contributed by atoms with Crippen molar-refractivity contribution in [3.63, 3.8) is 0 Å². The normalized spacial score (nSPS) is 43.7. The van der Waals surface area contributed by atoms with Crippen LogP contribution in [0.25, 0.3) is 0 Å². The Kier molecular flexibility index (Phi) is 2.00. The van der Waals surface area contributed by atoms with E-state index in [-0.39, 0.29) is 13.2 Å². The topological polar surface area (TPSA) is 49.7 Å². The molecule has 1 fully saturated rings.